The zero-order valence-corrected chi connectivity index (χ0v) is 11.7. The zero-order valence-electron chi connectivity index (χ0n) is 10.9. The third-order valence-electron chi connectivity index (χ3n) is 4.22. The summed E-state index contributed by atoms with van der Waals surface area (Å²) in [4.78, 5) is 1.44. The van der Waals surface area contributed by atoms with Gasteiger partial charge >= 0.3 is 0 Å². The Morgan fingerprint density at radius 2 is 2.06 bits per heavy atom. The average molecular weight is 260 g/mol. The van der Waals surface area contributed by atoms with Gasteiger partial charge in [-0.15, -0.1) is 0 Å². The van der Waals surface area contributed by atoms with Crippen LogP contribution in [0.2, 0.25) is 0 Å². The van der Waals surface area contributed by atoms with Gasteiger partial charge in [0.2, 0.25) is 0 Å². The van der Waals surface area contributed by atoms with Crippen LogP contribution in [0.25, 0.3) is 4.91 Å². The summed E-state index contributed by atoms with van der Waals surface area (Å²) in [5, 5.41) is 0. The molecule has 0 aromatic heterocycles. The minimum absolute atomic E-state index is 0.0399. The summed E-state index contributed by atoms with van der Waals surface area (Å²) in [5.41, 5.74) is 1.34. The lowest BCUT2D eigenvalue weighted by atomic mass is 9.83. The lowest BCUT2D eigenvalue weighted by Gasteiger charge is -2.45. The first-order valence-electron chi connectivity index (χ1n) is 6.84. The Bertz CT molecular complexity index is 440. The maximum Gasteiger partial charge on any atom is 0.120 e. The molecule has 1 aliphatic heterocycles. The van der Waals surface area contributed by atoms with Crippen molar-refractivity contribution in [3.63, 3.8) is 0 Å². The van der Waals surface area contributed by atoms with Gasteiger partial charge in [0, 0.05) is 17.9 Å². The molecule has 1 nitrogen and oxygen atoms in total. The van der Waals surface area contributed by atoms with E-state index in [2.05, 4.69) is 36.4 Å². The molecule has 18 heavy (non-hydrogen) atoms. The second kappa shape index (κ2) is 5.10. The zero-order chi connectivity index (χ0) is 12.4. The number of allylic oxidation sites excluding steroid dienone is 1. The van der Waals surface area contributed by atoms with Crippen LogP contribution in [0.15, 0.2) is 36.4 Å². The fourth-order valence-electron chi connectivity index (χ4n) is 3.18. The summed E-state index contributed by atoms with van der Waals surface area (Å²) in [5.74, 6) is 0.703. The Kier molecular flexibility index (Phi) is 3.49. The molecule has 0 N–H and O–H groups in total. The first-order chi connectivity index (χ1) is 8.84. The van der Waals surface area contributed by atoms with Crippen molar-refractivity contribution >= 4 is 16.7 Å². The smallest absolute Gasteiger partial charge is 0.120 e. The highest BCUT2D eigenvalue weighted by Gasteiger charge is 2.44. The first-order valence-corrected chi connectivity index (χ1v) is 7.65. The highest BCUT2D eigenvalue weighted by Crippen LogP contribution is 2.54. The van der Waals surface area contributed by atoms with Gasteiger partial charge in [-0.3, -0.25) is 0 Å². The lowest BCUT2D eigenvalue weighted by molar-refractivity contribution is -0.00621. The topological polar surface area (TPSA) is 9.23 Å². The summed E-state index contributed by atoms with van der Waals surface area (Å²) in [6.07, 6.45) is 8.77. The predicted molar refractivity (Wildman–Crippen MR) is 78.3 cm³/mol. The predicted octanol–water partition coefficient (Wildman–Crippen LogP) is 4.70. The second-order valence-corrected chi connectivity index (χ2v) is 6.57. The van der Waals surface area contributed by atoms with Crippen molar-refractivity contribution in [2.45, 2.75) is 37.0 Å². The Labute approximate surface area is 114 Å². The van der Waals surface area contributed by atoms with E-state index in [-0.39, 0.29) is 4.93 Å². The molecule has 1 aromatic carbocycles. The van der Waals surface area contributed by atoms with Crippen molar-refractivity contribution in [3.8, 4) is 0 Å². The third kappa shape index (κ3) is 2.12. The van der Waals surface area contributed by atoms with Crippen molar-refractivity contribution in [1.82, 2.24) is 0 Å². The van der Waals surface area contributed by atoms with Gasteiger partial charge < -0.3 is 4.74 Å². The maximum atomic E-state index is 5.96. The van der Waals surface area contributed by atoms with Crippen LogP contribution in [-0.2, 0) is 4.74 Å². The van der Waals surface area contributed by atoms with Crippen LogP contribution in [0.4, 0.5) is 0 Å². The number of rotatable bonds is 2. The Morgan fingerprint density at radius 1 is 1.22 bits per heavy atom. The first kappa shape index (κ1) is 12.3. The number of ether oxygens (including phenoxy) is 1. The molecule has 1 aliphatic carbocycles. The van der Waals surface area contributed by atoms with Gasteiger partial charge in [0.1, 0.15) is 4.93 Å². The number of methoxy groups -OCH3 is 1. The van der Waals surface area contributed by atoms with Crippen LogP contribution in [-0.4, -0.2) is 12.0 Å². The standard InChI is InChI=1S/C16H20OS/c1-17-16-12-6-5-9-14(16)10-11-15(18-16)13-7-3-2-4-8-13/h2-4,7-8,11,14H,5-6,9-10,12H2,1H3. The van der Waals surface area contributed by atoms with E-state index in [1.165, 1.54) is 42.6 Å². The summed E-state index contributed by atoms with van der Waals surface area (Å²) >= 11 is 1.95. The van der Waals surface area contributed by atoms with E-state index >= 15 is 0 Å². The molecule has 0 radical (unpaired) electrons. The normalized spacial score (nSPS) is 31.6. The van der Waals surface area contributed by atoms with E-state index in [1.807, 2.05) is 18.9 Å². The molecule has 0 amide bonds. The molecular weight excluding hydrogens is 240 g/mol. The average Bonchev–Trinajstić information content (AvgIpc) is 2.47. The highest BCUT2D eigenvalue weighted by atomic mass is 32.2. The molecule has 0 bridgehead atoms. The Hall–Kier alpha value is -0.730. The van der Waals surface area contributed by atoms with E-state index in [0.29, 0.717) is 5.92 Å². The largest absolute Gasteiger partial charge is 0.367 e. The van der Waals surface area contributed by atoms with Gasteiger partial charge in [-0.1, -0.05) is 54.6 Å². The van der Waals surface area contributed by atoms with Gasteiger partial charge in [-0.05, 0) is 31.2 Å². The fraction of sp³-hybridized carbons (Fsp3) is 0.500. The Morgan fingerprint density at radius 3 is 2.83 bits per heavy atom. The Balaban J connectivity index is 1.89. The SMILES string of the molecule is COC12CCCCC1CC=C(c1ccccc1)S2. The van der Waals surface area contributed by atoms with Gasteiger partial charge in [-0.2, -0.15) is 0 Å². The van der Waals surface area contributed by atoms with E-state index in [1.54, 1.807) is 0 Å². The molecular formula is C16H20OS. The summed E-state index contributed by atoms with van der Waals surface area (Å²) in [7, 11) is 1.89. The number of thioether (sulfide) groups is 1. The molecule has 1 heterocycles. The maximum absolute atomic E-state index is 5.96. The van der Waals surface area contributed by atoms with Gasteiger partial charge in [0.15, 0.2) is 0 Å². The van der Waals surface area contributed by atoms with Crippen LogP contribution >= 0.6 is 11.8 Å². The van der Waals surface area contributed by atoms with Crippen molar-refractivity contribution in [2.75, 3.05) is 7.11 Å². The summed E-state index contributed by atoms with van der Waals surface area (Å²) < 4.78 is 5.96. The molecule has 96 valence electrons. The monoisotopic (exact) mass is 260 g/mol. The van der Waals surface area contributed by atoms with Crippen LogP contribution in [0, 0.1) is 5.92 Å². The van der Waals surface area contributed by atoms with Gasteiger partial charge in [-0.25, -0.2) is 0 Å². The van der Waals surface area contributed by atoms with Gasteiger partial charge in [0.05, 0.1) is 0 Å². The quantitative estimate of drug-likeness (QED) is 0.762. The molecule has 3 rings (SSSR count). The van der Waals surface area contributed by atoms with E-state index in [0.717, 1.165) is 0 Å². The van der Waals surface area contributed by atoms with Crippen LogP contribution in [0.1, 0.15) is 37.7 Å². The lowest BCUT2D eigenvalue weighted by Crippen LogP contribution is -2.40. The molecule has 0 spiro atoms. The third-order valence-corrected chi connectivity index (χ3v) is 5.90. The van der Waals surface area contributed by atoms with E-state index < -0.39 is 0 Å². The molecule has 0 saturated heterocycles. The van der Waals surface area contributed by atoms with E-state index in [9.17, 15) is 0 Å². The van der Waals surface area contributed by atoms with Crippen molar-refractivity contribution in [1.29, 1.82) is 0 Å². The number of hydrogen-bond donors (Lipinski definition) is 0. The molecule has 1 aromatic rings. The highest BCUT2D eigenvalue weighted by molar-refractivity contribution is 8.09. The molecule has 2 unspecified atom stereocenters. The second-order valence-electron chi connectivity index (χ2n) is 5.23. The summed E-state index contributed by atoms with van der Waals surface area (Å²) in [6, 6.07) is 10.7. The molecule has 2 aliphatic rings. The number of fused-ring (bicyclic) bond motifs is 1. The molecule has 1 saturated carbocycles. The summed E-state index contributed by atoms with van der Waals surface area (Å²) in [6.45, 7) is 0. The molecule has 2 atom stereocenters. The number of benzene rings is 1. The minimum Gasteiger partial charge on any atom is -0.367 e. The van der Waals surface area contributed by atoms with Crippen LogP contribution < -0.4 is 0 Å². The van der Waals surface area contributed by atoms with Crippen molar-refractivity contribution in [2.24, 2.45) is 5.92 Å². The fourth-order valence-corrected chi connectivity index (χ4v) is 4.70. The van der Waals surface area contributed by atoms with Crippen LogP contribution in [0.5, 0.6) is 0 Å². The van der Waals surface area contributed by atoms with Crippen molar-refractivity contribution in [3.05, 3.63) is 42.0 Å². The van der Waals surface area contributed by atoms with Gasteiger partial charge in [0.25, 0.3) is 0 Å². The molecule has 2 heteroatoms. The minimum atomic E-state index is 0.0399. The number of hydrogen-bond acceptors (Lipinski definition) is 2. The van der Waals surface area contributed by atoms with E-state index in [4.69, 9.17) is 4.74 Å². The van der Waals surface area contributed by atoms with Crippen molar-refractivity contribution < 1.29 is 4.74 Å². The van der Waals surface area contributed by atoms with Crippen LogP contribution in [0.3, 0.4) is 0 Å². The molecule has 1 fully saturated rings.